The molecule has 1 amide bonds. The van der Waals surface area contributed by atoms with Gasteiger partial charge in [0.15, 0.2) is 11.5 Å². The molecule has 3 N–H and O–H groups in total. The number of nitrogens with one attached hydrogen (secondary N) is 1. The number of oxime groups is 1. The highest BCUT2D eigenvalue weighted by atomic mass is 32.1. The summed E-state index contributed by atoms with van der Waals surface area (Å²) in [6, 6.07) is 7.30. The van der Waals surface area contributed by atoms with Gasteiger partial charge in [-0.2, -0.15) is 0 Å². The molecule has 0 aliphatic carbocycles. The lowest BCUT2D eigenvalue weighted by atomic mass is 10.0. The van der Waals surface area contributed by atoms with E-state index >= 15 is 0 Å². The van der Waals surface area contributed by atoms with Gasteiger partial charge in [0.05, 0.1) is 4.88 Å². The molecule has 1 aliphatic heterocycles. The van der Waals surface area contributed by atoms with Crippen LogP contribution in [-0.4, -0.2) is 91.6 Å². The molecular formula is C25H33N7O4S. The minimum atomic E-state index is -0.175. The van der Waals surface area contributed by atoms with E-state index in [0.717, 1.165) is 31.7 Å². The highest BCUT2D eigenvalue weighted by molar-refractivity contribution is 7.20. The molecule has 0 spiro atoms. The van der Waals surface area contributed by atoms with Gasteiger partial charge in [0.25, 0.3) is 5.91 Å². The number of nitrogens with two attached hydrogens (primary N) is 1. The zero-order valence-electron chi connectivity index (χ0n) is 21.6. The number of ether oxygens (including phenoxy) is 2. The SMILES string of the molecule is CCN(CC)CCO/N=C(\c1ccc2c(c1)OCO2)c1nc(N)nc2sc(C(=O)NCCN(C)C)cc12. The lowest BCUT2D eigenvalue weighted by molar-refractivity contribution is 0.0955. The van der Waals surface area contributed by atoms with Crippen LogP contribution in [0.5, 0.6) is 11.5 Å². The van der Waals surface area contributed by atoms with Crippen molar-refractivity contribution in [3.8, 4) is 11.5 Å². The lowest BCUT2D eigenvalue weighted by Gasteiger charge is -2.16. The summed E-state index contributed by atoms with van der Waals surface area (Å²) >= 11 is 1.26. The van der Waals surface area contributed by atoms with Crippen molar-refractivity contribution in [2.24, 2.45) is 5.16 Å². The van der Waals surface area contributed by atoms with Gasteiger partial charge in [0.1, 0.15) is 22.8 Å². The number of fused-ring (bicyclic) bond motifs is 2. The summed E-state index contributed by atoms with van der Waals surface area (Å²) in [5.74, 6) is 1.18. The van der Waals surface area contributed by atoms with E-state index in [-0.39, 0.29) is 18.6 Å². The third-order valence-corrected chi connectivity index (χ3v) is 6.93. The summed E-state index contributed by atoms with van der Waals surface area (Å²) in [7, 11) is 3.91. The molecule has 0 fully saturated rings. The van der Waals surface area contributed by atoms with Crippen molar-refractivity contribution in [2.75, 3.05) is 66.0 Å². The predicted octanol–water partition coefficient (Wildman–Crippen LogP) is 2.40. The number of likely N-dealkylation sites (N-methyl/N-ethyl adjacent to an activating group) is 2. The standard InChI is InChI=1S/C25H33N7O4S/c1-5-32(6-2)11-12-36-30-21(16-7-8-18-19(13-16)35-15-34-18)22-17-14-20(23(33)27-9-10-31(3)4)37-24(17)29-25(26)28-22/h7-8,13-14H,5-6,9-12,15H2,1-4H3,(H,27,33)(H2,26,28,29)/b30-21+. The van der Waals surface area contributed by atoms with E-state index in [2.05, 4.69) is 39.2 Å². The van der Waals surface area contributed by atoms with E-state index < -0.39 is 0 Å². The molecule has 0 saturated carbocycles. The molecule has 0 bridgehead atoms. The summed E-state index contributed by atoms with van der Waals surface area (Å²) in [5, 5.41) is 8.10. The zero-order chi connectivity index (χ0) is 26.4. The van der Waals surface area contributed by atoms with Crippen molar-refractivity contribution in [3.05, 3.63) is 40.4 Å². The summed E-state index contributed by atoms with van der Waals surface area (Å²) in [5.41, 5.74) is 7.76. The molecule has 0 saturated heterocycles. The Morgan fingerprint density at radius 3 is 2.70 bits per heavy atom. The van der Waals surface area contributed by atoms with Crippen molar-refractivity contribution in [3.63, 3.8) is 0 Å². The first-order valence-corrected chi connectivity index (χ1v) is 13.0. The van der Waals surface area contributed by atoms with Crippen LogP contribution >= 0.6 is 11.3 Å². The Kier molecular flexibility index (Phi) is 8.74. The molecule has 11 nitrogen and oxygen atoms in total. The second-order valence-corrected chi connectivity index (χ2v) is 9.72. The Morgan fingerprint density at radius 2 is 1.95 bits per heavy atom. The summed E-state index contributed by atoms with van der Waals surface area (Å²) in [6.45, 7) is 8.64. The van der Waals surface area contributed by atoms with Crippen LogP contribution < -0.4 is 20.5 Å². The molecule has 1 aliphatic rings. The molecule has 3 aromatic rings. The Balaban J connectivity index is 1.70. The second-order valence-electron chi connectivity index (χ2n) is 8.69. The fourth-order valence-electron chi connectivity index (χ4n) is 3.81. The average molecular weight is 528 g/mol. The Hall–Kier alpha value is -3.48. The van der Waals surface area contributed by atoms with E-state index in [1.54, 1.807) is 6.07 Å². The minimum absolute atomic E-state index is 0.0838. The average Bonchev–Trinajstić information content (AvgIpc) is 3.52. The van der Waals surface area contributed by atoms with Crippen LogP contribution in [-0.2, 0) is 4.84 Å². The lowest BCUT2D eigenvalue weighted by Crippen LogP contribution is -2.30. The number of nitrogen functional groups attached to an aromatic ring is 1. The maximum atomic E-state index is 12.8. The van der Waals surface area contributed by atoms with Crippen molar-refractivity contribution in [1.29, 1.82) is 0 Å². The molecular weight excluding hydrogens is 494 g/mol. The monoisotopic (exact) mass is 527 g/mol. The first-order valence-electron chi connectivity index (χ1n) is 12.2. The number of carbonyl (C=O) groups excluding carboxylic acids is 1. The molecule has 0 atom stereocenters. The molecule has 198 valence electrons. The van der Waals surface area contributed by atoms with Crippen LogP contribution in [0.3, 0.4) is 0 Å². The number of benzene rings is 1. The number of nitrogens with zero attached hydrogens (tertiary/aromatic N) is 5. The number of aromatic nitrogens is 2. The highest BCUT2D eigenvalue weighted by Gasteiger charge is 2.22. The number of amides is 1. The largest absolute Gasteiger partial charge is 0.454 e. The number of rotatable bonds is 12. The predicted molar refractivity (Wildman–Crippen MR) is 145 cm³/mol. The quantitative estimate of drug-likeness (QED) is 0.207. The van der Waals surface area contributed by atoms with Gasteiger partial charge in [0, 0.05) is 30.6 Å². The molecule has 3 heterocycles. The minimum Gasteiger partial charge on any atom is -0.454 e. The third kappa shape index (κ3) is 6.45. The maximum Gasteiger partial charge on any atom is 0.261 e. The van der Waals surface area contributed by atoms with Gasteiger partial charge in [-0.05, 0) is 51.5 Å². The van der Waals surface area contributed by atoms with Crippen LogP contribution in [0.2, 0.25) is 0 Å². The number of carbonyl (C=O) groups is 1. The van der Waals surface area contributed by atoms with Gasteiger partial charge in [0.2, 0.25) is 12.7 Å². The zero-order valence-corrected chi connectivity index (χ0v) is 22.4. The van der Waals surface area contributed by atoms with Gasteiger partial charge in [-0.1, -0.05) is 19.0 Å². The van der Waals surface area contributed by atoms with Gasteiger partial charge in [-0.15, -0.1) is 11.3 Å². The summed E-state index contributed by atoms with van der Waals surface area (Å²) in [4.78, 5) is 32.8. The first kappa shape index (κ1) is 26.6. The molecule has 0 radical (unpaired) electrons. The van der Waals surface area contributed by atoms with Gasteiger partial charge >= 0.3 is 0 Å². The summed E-state index contributed by atoms with van der Waals surface area (Å²) < 4.78 is 11.0. The fraction of sp³-hybridized carbons (Fsp3) is 0.440. The summed E-state index contributed by atoms with van der Waals surface area (Å²) in [6.07, 6.45) is 0. The van der Waals surface area contributed by atoms with E-state index in [1.807, 2.05) is 37.2 Å². The number of anilines is 1. The highest BCUT2D eigenvalue weighted by Crippen LogP contribution is 2.34. The van der Waals surface area contributed by atoms with E-state index in [4.69, 9.17) is 20.0 Å². The molecule has 12 heteroatoms. The van der Waals surface area contributed by atoms with Gasteiger partial charge in [-0.25, -0.2) is 9.97 Å². The second kappa shape index (κ2) is 12.2. The fourth-order valence-corrected chi connectivity index (χ4v) is 4.76. The van der Waals surface area contributed by atoms with E-state index in [0.29, 0.717) is 51.2 Å². The van der Waals surface area contributed by atoms with Crippen molar-refractivity contribution < 1.29 is 19.1 Å². The molecule has 37 heavy (non-hydrogen) atoms. The maximum absolute atomic E-state index is 12.8. The normalized spacial score (nSPS) is 13.1. The van der Waals surface area contributed by atoms with Crippen LogP contribution in [0, 0.1) is 0 Å². The van der Waals surface area contributed by atoms with Crippen LogP contribution in [0.1, 0.15) is 34.8 Å². The Bertz CT molecular complexity index is 1270. The van der Waals surface area contributed by atoms with E-state index in [1.165, 1.54) is 11.3 Å². The van der Waals surface area contributed by atoms with Crippen molar-refractivity contribution in [2.45, 2.75) is 13.8 Å². The van der Waals surface area contributed by atoms with Gasteiger partial charge < -0.3 is 35.2 Å². The van der Waals surface area contributed by atoms with E-state index in [9.17, 15) is 4.79 Å². The Morgan fingerprint density at radius 1 is 1.16 bits per heavy atom. The first-order chi connectivity index (χ1) is 17.9. The molecule has 2 aromatic heterocycles. The van der Waals surface area contributed by atoms with Crippen molar-refractivity contribution >= 4 is 39.1 Å². The smallest absolute Gasteiger partial charge is 0.261 e. The Labute approximate surface area is 220 Å². The van der Waals surface area contributed by atoms with Crippen LogP contribution in [0.25, 0.3) is 10.2 Å². The number of hydrogen-bond acceptors (Lipinski definition) is 11. The molecule has 1 aromatic carbocycles. The van der Waals surface area contributed by atoms with Crippen LogP contribution in [0.15, 0.2) is 29.4 Å². The van der Waals surface area contributed by atoms with Gasteiger partial charge in [-0.3, -0.25) is 4.79 Å². The van der Waals surface area contributed by atoms with Crippen LogP contribution in [0.4, 0.5) is 5.95 Å². The van der Waals surface area contributed by atoms with Crippen molar-refractivity contribution in [1.82, 2.24) is 25.1 Å². The molecule has 0 unspecified atom stereocenters. The number of hydrogen-bond donors (Lipinski definition) is 2. The topological polar surface area (TPSA) is 127 Å². The third-order valence-electron chi connectivity index (χ3n) is 5.90. The molecule has 4 rings (SSSR count). The number of thiophene rings is 1.